The second-order valence-electron chi connectivity index (χ2n) is 4.80. The molecule has 2 aromatic rings. The van der Waals surface area contributed by atoms with E-state index in [1.807, 2.05) is 49.4 Å². The number of hydrazine groups is 1. The summed E-state index contributed by atoms with van der Waals surface area (Å²) in [5.74, 6) is 1.25. The van der Waals surface area contributed by atoms with Crippen molar-refractivity contribution in [3.63, 3.8) is 0 Å². The topological polar surface area (TPSA) is 42.5 Å². The van der Waals surface area contributed by atoms with Crippen LogP contribution in [0.4, 0.5) is 5.69 Å². The van der Waals surface area contributed by atoms with Gasteiger partial charge in [0.2, 0.25) is 0 Å². The summed E-state index contributed by atoms with van der Waals surface area (Å²) >= 11 is 6.29. The van der Waals surface area contributed by atoms with Gasteiger partial charge in [-0.1, -0.05) is 36.7 Å². The number of para-hydroxylation sites is 1. The zero-order valence-corrected chi connectivity index (χ0v) is 13.6. The Balaban J connectivity index is 2.00. The molecule has 2 aromatic carbocycles. The molecule has 2 N–H and O–H groups in total. The van der Waals surface area contributed by atoms with Crippen LogP contribution >= 0.6 is 11.6 Å². The highest BCUT2D eigenvalue weighted by atomic mass is 35.5. The van der Waals surface area contributed by atoms with E-state index in [9.17, 15) is 0 Å². The van der Waals surface area contributed by atoms with Crippen LogP contribution in [0.3, 0.4) is 0 Å². The van der Waals surface area contributed by atoms with Gasteiger partial charge >= 0.3 is 0 Å². The standard InChI is InChI=1S/C17H21ClN2O2/c1-3-9-22-17-15(18)10-13(11-16(17)21-2)12-19-20-14-7-5-4-6-8-14/h4-8,10-11,19-20H,3,9,12H2,1-2H3. The van der Waals surface area contributed by atoms with Crippen molar-refractivity contribution in [3.05, 3.63) is 53.1 Å². The van der Waals surface area contributed by atoms with Gasteiger partial charge in [0.25, 0.3) is 0 Å². The summed E-state index contributed by atoms with van der Waals surface area (Å²) in [5, 5.41) is 0.560. The molecule has 0 bridgehead atoms. The highest BCUT2D eigenvalue weighted by molar-refractivity contribution is 6.32. The van der Waals surface area contributed by atoms with Gasteiger partial charge in [0.05, 0.1) is 18.7 Å². The third kappa shape index (κ3) is 4.55. The van der Waals surface area contributed by atoms with Crippen LogP contribution in [0.2, 0.25) is 5.02 Å². The van der Waals surface area contributed by atoms with Gasteiger partial charge in [-0.05, 0) is 36.2 Å². The molecule has 0 aliphatic heterocycles. The number of benzene rings is 2. The van der Waals surface area contributed by atoms with Crippen molar-refractivity contribution in [2.45, 2.75) is 19.9 Å². The van der Waals surface area contributed by atoms with Crippen LogP contribution in [0.5, 0.6) is 11.5 Å². The lowest BCUT2D eigenvalue weighted by Crippen LogP contribution is -2.20. The summed E-state index contributed by atoms with van der Waals surface area (Å²) in [6.45, 7) is 3.27. The number of nitrogens with one attached hydrogen (secondary N) is 2. The maximum absolute atomic E-state index is 6.29. The third-order valence-corrected chi connectivity index (χ3v) is 3.32. The number of rotatable bonds is 8. The molecule has 0 unspecified atom stereocenters. The Morgan fingerprint density at radius 1 is 1.14 bits per heavy atom. The highest BCUT2D eigenvalue weighted by Crippen LogP contribution is 2.36. The van der Waals surface area contributed by atoms with E-state index >= 15 is 0 Å². The number of halogens is 1. The average Bonchev–Trinajstić information content (AvgIpc) is 2.54. The monoisotopic (exact) mass is 320 g/mol. The van der Waals surface area contributed by atoms with Crippen molar-refractivity contribution in [2.75, 3.05) is 19.1 Å². The molecule has 0 aliphatic rings. The molecule has 0 aromatic heterocycles. The maximum Gasteiger partial charge on any atom is 0.179 e. The normalized spacial score (nSPS) is 10.3. The fraction of sp³-hybridized carbons (Fsp3) is 0.294. The Kier molecular flexibility index (Phi) is 6.37. The summed E-state index contributed by atoms with van der Waals surface area (Å²) in [5.41, 5.74) is 8.30. The lowest BCUT2D eigenvalue weighted by molar-refractivity contribution is 0.294. The van der Waals surface area contributed by atoms with Gasteiger partial charge in [-0.2, -0.15) is 0 Å². The van der Waals surface area contributed by atoms with Crippen LogP contribution in [0.15, 0.2) is 42.5 Å². The molecule has 22 heavy (non-hydrogen) atoms. The summed E-state index contributed by atoms with van der Waals surface area (Å²) in [6.07, 6.45) is 0.920. The Morgan fingerprint density at radius 2 is 1.91 bits per heavy atom. The molecular weight excluding hydrogens is 300 g/mol. The zero-order valence-electron chi connectivity index (χ0n) is 12.9. The summed E-state index contributed by atoms with van der Waals surface area (Å²) in [7, 11) is 1.61. The van der Waals surface area contributed by atoms with Gasteiger partial charge in [0.1, 0.15) is 0 Å². The molecule has 0 saturated heterocycles. The van der Waals surface area contributed by atoms with Gasteiger partial charge in [0.15, 0.2) is 11.5 Å². The van der Waals surface area contributed by atoms with Crippen LogP contribution in [0, 0.1) is 0 Å². The Bertz CT molecular complexity index is 591. The smallest absolute Gasteiger partial charge is 0.179 e. The van der Waals surface area contributed by atoms with Gasteiger partial charge in [-0.25, -0.2) is 5.43 Å². The van der Waals surface area contributed by atoms with Crippen molar-refractivity contribution in [1.29, 1.82) is 0 Å². The van der Waals surface area contributed by atoms with E-state index in [1.165, 1.54) is 0 Å². The maximum atomic E-state index is 6.29. The van der Waals surface area contributed by atoms with E-state index in [4.69, 9.17) is 21.1 Å². The molecule has 0 amide bonds. The minimum absolute atomic E-state index is 0.560. The first-order valence-corrected chi connectivity index (χ1v) is 7.65. The number of anilines is 1. The van der Waals surface area contributed by atoms with Gasteiger partial charge < -0.3 is 14.9 Å². The summed E-state index contributed by atoms with van der Waals surface area (Å²) in [6, 6.07) is 13.7. The third-order valence-electron chi connectivity index (χ3n) is 3.04. The Morgan fingerprint density at radius 3 is 2.59 bits per heavy atom. The van der Waals surface area contributed by atoms with Crippen LogP contribution in [0.1, 0.15) is 18.9 Å². The molecule has 4 nitrogen and oxygen atoms in total. The Labute approximate surface area is 136 Å². The van der Waals surface area contributed by atoms with Crippen molar-refractivity contribution in [3.8, 4) is 11.5 Å². The van der Waals surface area contributed by atoms with Crippen LogP contribution in [-0.2, 0) is 6.54 Å². The first kappa shape index (κ1) is 16.5. The molecule has 118 valence electrons. The van der Waals surface area contributed by atoms with Gasteiger partial charge in [0, 0.05) is 12.2 Å². The number of hydrogen-bond acceptors (Lipinski definition) is 4. The van der Waals surface area contributed by atoms with Crippen LogP contribution in [0.25, 0.3) is 0 Å². The molecule has 0 radical (unpaired) electrons. The van der Waals surface area contributed by atoms with E-state index in [0.29, 0.717) is 29.7 Å². The van der Waals surface area contributed by atoms with E-state index in [-0.39, 0.29) is 0 Å². The van der Waals surface area contributed by atoms with Crippen molar-refractivity contribution in [2.24, 2.45) is 0 Å². The fourth-order valence-electron chi connectivity index (χ4n) is 1.99. The van der Waals surface area contributed by atoms with E-state index in [2.05, 4.69) is 10.9 Å². The first-order valence-electron chi connectivity index (χ1n) is 7.27. The second kappa shape index (κ2) is 8.51. The lowest BCUT2D eigenvalue weighted by atomic mass is 10.2. The van der Waals surface area contributed by atoms with Crippen molar-refractivity contribution >= 4 is 17.3 Å². The molecule has 2 rings (SSSR count). The average molecular weight is 321 g/mol. The van der Waals surface area contributed by atoms with Crippen molar-refractivity contribution < 1.29 is 9.47 Å². The SMILES string of the molecule is CCCOc1c(Cl)cc(CNNc2ccccc2)cc1OC. The number of ether oxygens (including phenoxy) is 2. The molecule has 0 atom stereocenters. The Hall–Kier alpha value is -1.91. The van der Waals surface area contributed by atoms with Gasteiger partial charge in [-0.3, -0.25) is 0 Å². The quantitative estimate of drug-likeness (QED) is 0.713. The van der Waals surface area contributed by atoms with E-state index < -0.39 is 0 Å². The van der Waals surface area contributed by atoms with Gasteiger partial charge in [-0.15, -0.1) is 0 Å². The number of methoxy groups -OCH3 is 1. The fourth-order valence-corrected chi connectivity index (χ4v) is 2.28. The largest absolute Gasteiger partial charge is 0.493 e. The molecular formula is C17H21ClN2O2. The van der Waals surface area contributed by atoms with Crippen LogP contribution in [-0.4, -0.2) is 13.7 Å². The predicted molar refractivity (Wildman–Crippen MR) is 90.7 cm³/mol. The minimum atomic E-state index is 0.560. The van der Waals surface area contributed by atoms with E-state index in [0.717, 1.165) is 17.7 Å². The minimum Gasteiger partial charge on any atom is -0.493 e. The molecule has 0 saturated carbocycles. The molecule has 0 heterocycles. The summed E-state index contributed by atoms with van der Waals surface area (Å²) < 4.78 is 11.0. The predicted octanol–water partition coefficient (Wildman–Crippen LogP) is 4.25. The van der Waals surface area contributed by atoms with E-state index in [1.54, 1.807) is 7.11 Å². The molecule has 5 heteroatoms. The summed E-state index contributed by atoms with van der Waals surface area (Å²) in [4.78, 5) is 0. The highest BCUT2D eigenvalue weighted by Gasteiger charge is 2.11. The van der Waals surface area contributed by atoms with Crippen molar-refractivity contribution in [1.82, 2.24) is 5.43 Å². The number of hydrogen-bond donors (Lipinski definition) is 2. The molecule has 0 aliphatic carbocycles. The lowest BCUT2D eigenvalue weighted by Gasteiger charge is -2.14. The first-order chi connectivity index (χ1) is 10.7. The van der Waals surface area contributed by atoms with Crippen LogP contribution < -0.4 is 20.3 Å². The molecule has 0 spiro atoms. The zero-order chi connectivity index (χ0) is 15.8. The molecule has 0 fully saturated rings. The second-order valence-corrected chi connectivity index (χ2v) is 5.21.